The Bertz CT molecular complexity index is 1310. The largest absolute Gasteiger partial charge is 0.507 e. The minimum atomic E-state index is -0.871. The Morgan fingerprint density at radius 1 is 1.03 bits per heavy atom. The quantitative estimate of drug-likeness (QED) is 0.170. The van der Waals surface area contributed by atoms with Gasteiger partial charge < -0.3 is 28.6 Å². The molecule has 1 aliphatic heterocycles. The Kier molecular flexibility index (Phi) is 8.96. The maximum atomic E-state index is 13.4. The van der Waals surface area contributed by atoms with Gasteiger partial charge in [0.1, 0.15) is 17.3 Å². The lowest BCUT2D eigenvalue weighted by Crippen LogP contribution is -2.29. The number of Topliss-reactive ketones (excluding diaryl/α,β-unsaturated/α-hetero) is 1. The first kappa shape index (κ1) is 27.8. The molecule has 4 rings (SSSR count). The number of carbonyl (C=O) groups excluding carboxylic acids is 2. The summed E-state index contributed by atoms with van der Waals surface area (Å²) >= 11 is 0. The zero-order chi connectivity index (χ0) is 27.9. The van der Waals surface area contributed by atoms with Crippen LogP contribution in [0.15, 0.2) is 70.9 Å². The fourth-order valence-corrected chi connectivity index (χ4v) is 4.42. The van der Waals surface area contributed by atoms with E-state index >= 15 is 0 Å². The van der Waals surface area contributed by atoms with Gasteiger partial charge in [-0.15, -0.1) is 0 Å². The van der Waals surface area contributed by atoms with Crippen LogP contribution in [0.5, 0.6) is 17.2 Å². The molecule has 0 aliphatic carbocycles. The van der Waals surface area contributed by atoms with Crippen molar-refractivity contribution in [2.45, 2.75) is 46.2 Å². The van der Waals surface area contributed by atoms with Crippen molar-refractivity contribution in [3.63, 3.8) is 0 Å². The Morgan fingerprint density at radius 2 is 1.79 bits per heavy atom. The monoisotopic (exact) mass is 533 g/mol. The molecule has 0 bridgehead atoms. The molecule has 1 aromatic heterocycles. The van der Waals surface area contributed by atoms with E-state index in [0.717, 1.165) is 12.8 Å². The summed E-state index contributed by atoms with van der Waals surface area (Å²) < 4.78 is 22.6. The van der Waals surface area contributed by atoms with Crippen molar-refractivity contribution >= 4 is 17.4 Å². The van der Waals surface area contributed by atoms with Crippen LogP contribution in [0.3, 0.4) is 0 Å². The highest BCUT2D eigenvalue weighted by Gasteiger charge is 2.46. The van der Waals surface area contributed by atoms with Crippen molar-refractivity contribution in [2.75, 3.05) is 20.3 Å². The summed E-state index contributed by atoms with van der Waals surface area (Å²) in [5, 5.41) is 11.4. The Morgan fingerprint density at radius 3 is 2.44 bits per heavy atom. The zero-order valence-electron chi connectivity index (χ0n) is 22.8. The molecule has 0 spiro atoms. The highest BCUT2D eigenvalue weighted by Crippen LogP contribution is 2.43. The summed E-state index contributed by atoms with van der Waals surface area (Å²) in [6, 6.07) is 14.7. The molecule has 1 N–H and O–H groups in total. The number of nitrogens with zero attached hydrogens (tertiary/aromatic N) is 1. The van der Waals surface area contributed by atoms with E-state index in [1.165, 1.54) is 18.3 Å². The van der Waals surface area contributed by atoms with Crippen LogP contribution in [-0.2, 0) is 16.1 Å². The average molecular weight is 534 g/mol. The van der Waals surface area contributed by atoms with Gasteiger partial charge in [-0.3, -0.25) is 9.59 Å². The van der Waals surface area contributed by atoms with Crippen LogP contribution in [0.25, 0.3) is 5.76 Å². The van der Waals surface area contributed by atoms with Gasteiger partial charge in [-0.05, 0) is 72.9 Å². The van der Waals surface area contributed by atoms with Crippen molar-refractivity contribution in [2.24, 2.45) is 5.92 Å². The third-order valence-electron chi connectivity index (χ3n) is 6.50. The molecule has 2 heterocycles. The Labute approximate surface area is 228 Å². The normalized spacial score (nSPS) is 16.6. The van der Waals surface area contributed by atoms with Gasteiger partial charge in [0.2, 0.25) is 0 Å². The van der Waals surface area contributed by atoms with Crippen molar-refractivity contribution in [3.8, 4) is 17.2 Å². The van der Waals surface area contributed by atoms with Crippen LogP contribution in [0.2, 0.25) is 0 Å². The lowest BCUT2D eigenvalue weighted by Gasteiger charge is -2.25. The van der Waals surface area contributed by atoms with E-state index in [1.54, 1.807) is 54.6 Å². The summed E-state index contributed by atoms with van der Waals surface area (Å²) in [4.78, 5) is 28.0. The maximum Gasteiger partial charge on any atom is 0.296 e. The molecule has 0 saturated carbocycles. The van der Waals surface area contributed by atoms with Gasteiger partial charge in [-0.1, -0.05) is 26.8 Å². The van der Waals surface area contributed by atoms with E-state index in [1.807, 2.05) is 6.92 Å². The third-order valence-corrected chi connectivity index (χ3v) is 6.50. The minimum absolute atomic E-state index is 0.00990. The number of likely N-dealkylation sites (tertiary alicyclic amines) is 1. The second kappa shape index (κ2) is 12.6. The molecule has 8 heteroatoms. The lowest BCUT2D eigenvalue weighted by atomic mass is 9.95. The summed E-state index contributed by atoms with van der Waals surface area (Å²) in [7, 11) is 1.54. The predicted molar refractivity (Wildman–Crippen MR) is 147 cm³/mol. The molecular formula is C31H35NO7. The summed E-state index contributed by atoms with van der Waals surface area (Å²) in [5.74, 6) is 0.928. The van der Waals surface area contributed by atoms with Crippen LogP contribution < -0.4 is 14.2 Å². The van der Waals surface area contributed by atoms with Gasteiger partial charge in [0.05, 0.1) is 44.7 Å². The first-order valence-corrected chi connectivity index (χ1v) is 13.2. The van der Waals surface area contributed by atoms with E-state index in [2.05, 4.69) is 13.8 Å². The minimum Gasteiger partial charge on any atom is -0.507 e. The van der Waals surface area contributed by atoms with Crippen LogP contribution in [0, 0.1) is 5.92 Å². The van der Waals surface area contributed by atoms with E-state index in [9.17, 15) is 14.7 Å². The molecule has 8 nitrogen and oxygen atoms in total. The van der Waals surface area contributed by atoms with Gasteiger partial charge in [0.15, 0.2) is 11.5 Å². The fourth-order valence-electron chi connectivity index (χ4n) is 4.42. The van der Waals surface area contributed by atoms with Gasteiger partial charge in [-0.25, -0.2) is 0 Å². The third kappa shape index (κ3) is 6.28. The fraction of sp³-hybridized carbons (Fsp3) is 0.355. The van der Waals surface area contributed by atoms with E-state index in [4.69, 9.17) is 18.6 Å². The van der Waals surface area contributed by atoms with Gasteiger partial charge in [-0.2, -0.15) is 0 Å². The van der Waals surface area contributed by atoms with Crippen molar-refractivity contribution in [1.82, 2.24) is 4.90 Å². The molecule has 1 amide bonds. The summed E-state index contributed by atoms with van der Waals surface area (Å²) in [6.45, 7) is 7.42. The number of ketones is 1. The number of hydrogen-bond donors (Lipinski definition) is 1. The number of benzene rings is 2. The highest BCUT2D eigenvalue weighted by atomic mass is 16.5. The molecule has 1 unspecified atom stereocenters. The number of carbonyl (C=O) groups is 2. The molecule has 1 fully saturated rings. The summed E-state index contributed by atoms with van der Waals surface area (Å²) in [6.07, 6.45) is 3.26. The second-order valence-electron chi connectivity index (χ2n) is 9.82. The van der Waals surface area contributed by atoms with E-state index in [-0.39, 0.29) is 17.9 Å². The molecule has 2 aromatic carbocycles. The number of aliphatic hydroxyl groups is 1. The van der Waals surface area contributed by atoms with Crippen molar-refractivity contribution < 1.29 is 33.3 Å². The highest BCUT2D eigenvalue weighted by molar-refractivity contribution is 6.46. The number of aliphatic hydroxyl groups excluding tert-OH is 1. The Hall–Kier alpha value is -4.20. The van der Waals surface area contributed by atoms with Gasteiger partial charge >= 0.3 is 0 Å². The van der Waals surface area contributed by atoms with Crippen LogP contribution >= 0.6 is 0 Å². The lowest BCUT2D eigenvalue weighted by molar-refractivity contribution is -0.140. The molecule has 206 valence electrons. The smallest absolute Gasteiger partial charge is 0.296 e. The molecule has 0 radical (unpaired) electrons. The average Bonchev–Trinajstić information content (AvgIpc) is 3.54. The molecular weight excluding hydrogens is 498 g/mol. The number of amides is 1. The number of ether oxygens (including phenoxy) is 3. The SMILES string of the molecule is CCCOc1ccc(/C(O)=C2\C(=O)C(=O)N(Cc3ccco3)C2c2ccc(OCCC(C)C)c(OC)c2)cc1. The maximum absolute atomic E-state index is 13.4. The summed E-state index contributed by atoms with van der Waals surface area (Å²) in [5.41, 5.74) is 0.989. The van der Waals surface area contributed by atoms with E-state index < -0.39 is 17.7 Å². The van der Waals surface area contributed by atoms with Crippen molar-refractivity contribution in [3.05, 3.63) is 83.3 Å². The number of furan rings is 1. The molecule has 1 saturated heterocycles. The van der Waals surface area contributed by atoms with E-state index in [0.29, 0.717) is 53.3 Å². The van der Waals surface area contributed by atoms with Gasteiger partial charge in [0, 0.05) is 5.56 Å². The van der Waals surface area contributed by atoms with Crippen LogP contribution in [0.1, 0.15) is 56.5 Å². The number of methoxy groups -OCH3 is 1. The van der Waals surface area contributed by atoms with Crippen molar-refractivity contribution in [1.29, 1.82) is 0 Å². The number of hydrogen-bond acceptors (Lipinski definition) is 7. The standard InChI is InChI=1S/C31H35NO7/c1-5-15-37-23-11-8-21(9-12-23)29(33)27-28(32(31(35)30(27)34)19-24-7-6-16-38-24)22-10-13-25(26(18-22)36-4)39-17-14-20(2)3/h6-13,16,18,20,28,33H,5,14-15,17,19H2,1-4H3/b29-27+. The molecule has 1 atom stereocenters. The predicted octanol–water partition coefficient (Wildman–Crippen LogP) is 6.12. The molecule has 1 aliphatic rings. The molecule has 39 heavy (non-hydrogen) atoms. The van der Waals surface area contributed by atoms with Gasteiger partial charge in [0.25, 0.3) is 11.7 Å². The zero-order valence-corrected chi connectivity index (χ0v) is 22.8. The topological polar surface area (TPSA) is 98.4 Å². The first-order valence-electron chi connectivity index (χ1n) is 13.2. The van der Waals surface area contributed by atoms with Crippen LogP contribution in [-0.4, -0.2) is 42.0 Å². The molecule has 3 aromatic rings. The first-order chi connectivity index (χ1) is 18.8. The second-order valence-corrected chi connectivity index (χ2v) is 9.82. The number of rotatable bonds is 12. The van der Waals surface area contributed by atoms with Crippen LogP contribution in [0.4, 0.5) is 0 Å². The Balaban J connectivity index is 1.76.